The Morgan fingerprint density at radius 2 is 2.15 bits per heavy atom. The molecule has 3 rings (SSSR count). The lowest BCUT2D eigenvalue weighted by Gasteiger charge is -2.25. The number of ether oxygens (including phenoxy) is 1. The van der Waals surface area contributed by atoms with Gasteiger partial charge in [0.2, 0.25) is 0 Å². The number of fused-ring (bicyclic) bond motifs is 1. The molecule has 1 saturated heterocycles. The van der Waals surface area contributed by atoms with E-state index in [1.807, 2.05) is 6.07 Å². The van der Waals surface area contributed by atoms with Crippen molar-refractivity contribution in [3.05, 3.63) is 28.8 Å². The zero-order valence-electron chi connectivity index (χ0n) is 12.1. The summed E-state index contributed by atoms with van der Waals surface area (Å²) in [5.41, 5.74) is 3.53. The fourth-order valence-corrected chi connectivity index (χ4v) is 3.15. The van der Waals surface area contributed by atoms with Gasteiger partial charge >= 0.3 is 0 Å². The lowest BCUT2D eigenvalue weighted by Crippen LogP contribution is -2.45. The van der Waals surface area contributed by atoms with Crippen molar-refractivity contribution in [2.45, 2.75) is 45.3 Å². The second-order valence-electron chi connectivity index (χ2n) is 5.87. The molecule has 108 valence electrons. The Labute approximate surface area is 119 Å². The summed E-state index contributed by atoms with van der Waals surface area (Å²) in [4.78, 5) is 14.3. The number of aliphatic hydroxyl groups excluding tert-OH is 1. The summed E-state index contributed by atoms with van der Waals surface area (Å²) in [6.45, 7) is 4.91. The smallest absolute Gasteiger partial charge is 0.264 e. The summed E-state index contributed by atoms with van der Waals surface area (Å²) in [7, 11) is 0. The van der Waals surface area contributed by atoms with Crippen LogP contribution >= 0.6 is 0 Å². The highest BCUT2D eigenvalue weighted by molar-refractivity contribution is 5.83. The molecule has 2 heterocycles. The van der Waals surface area contributed by atoms with Gasteiger partial charge in [0.15, 0.2) is 6.10 Å². The molecule has 0 radical (unpaired) electrons. The van der Waals surface area contributed by atoms with Crippen LogP contribution in [0.15, 0.2) is 12.1 Å². The molecule has 0 unspecified atom stereocenters. The summed E-state index contributed by atoms with van der Waals surface area (Å²) in [5, 5.41) is 9.34. The molecule has 20 heavy (non-hydrogen) atoms. The highest BCUT2D eigenvalue weighted by Gasteiger charge is 2.37. The third-order valence-electron chi connectivity index (χ3n) is 4.50. The number of nitrogens with zero attached hydrogens (tertiary/aromatic N) is 1. The molecule has 1 aromatic carbocycles. The van der Waals surface area contributed by atoms with Gasteiger partial charge in [-0.15, -0.1) is 0 Å². The largest absolute Gasteiger partial charge is 0.480 e. The van der Waals surface area contributed by atoms with Gasteiger partial charge in [-0.25, -0.2) is 0 Å². The fraction of sp³-hybridized carbons (Fsp3) is 0.562. The van der Waals surface area contributed by atoms with Crippen LogP contribution in [0.4, 0.5) is 0 Å². The Bertz CT molecular complexity index is 510. The Kier molecular flexibility index (Phi) is 3.42. The van der Waals surface area contributed by atoms with Crippen molar-refractivity contribution in [1.29, 1.82) is 0 Å². The maximum absolute atomic E-state index is 12.5. The number of likely N-dealkylation sites (tertiary alicyclic amines) is 1. The first-order valence-corrected chi connectivity index (χ1v) is 7.28. The summed E-state index contributed by atoms with van der Waals surface area (Å²) < 4.78 is 5.84. The van der Waals surface area contributed by atoms with Crippen molar-refractivity contribution >= 4 is 5.91 Å². The van der Waals surface area contributed by atoms with Gasteiger partial charge in [-0.3, -0.25) is 4.79 Å². The van der Waals surface area contributed by atoms with E-state index in [1.54, 1.807) is 4.90 Å². The van der Waals surface area contributed by atoms with E-state index in [1.165, 1.54) is 11.1 Å². The monoisotopic (exact) mass is 275 g/mol. The van der Waals surface area contributed by atoms with E-state index in [4.69, 9.17) is 4.74 Å². The topological polar surface area (TPSA) is 49.8 Å². The van der Waals surface area contributed by atoms with E-state index in [-0.39, 0.29) is 18.6 Å². The summed E-state index contributed by atoms with van der Waals surface area (Å²) in [6.07, 6.45) is 2.08. The van der Waals surface area contributed by atoms with Crippen molar-refractivity contribution in [3.63, 3.8) is 0 Å². The minimum absolute atomic E-state index is 0.0213. The number of hydrogen-bond acceptors (Lipinski definition) is 3. The molecule has 2 aliphatic heterocycles. The second-order valence-corrected chi connectivity index (χ2v) is 5.87. The average molecular weight is 275 g/mol. The van der Waals surface area contributed by atoms with Gasteiger partial charge in [-0.05, 0) is 49.4 Å². The number of carbonyl (C=O) groups is 1. The van der Waals surface area contributed by atoms with Crippen LogP contribution in [-0.4, -0.2) is 41.2 Å². The Balaban J connectivity index is 1.76. The van der Waals surface area contributed by atoms with Crippen molar-refractivity contribution in [2.24, 2.45) is 0 Å². The quantitative estimate of drug-likeness (QED) is 0.891. The highest BCUT2D eigenvalue weighted by atomic mass is 16.5. The molecule has 1 fully saturated rings. The normalized spacial score (nSPS) is 24.6. The molecule has 1 aromatic rings. The van der Waals surface area contributed by atoms with Crippen molar-refractivity contribution in [1.82, 2.24) is 4.90 Å². The molecule has 0 spiro atoms. The van der Waals surface area contributed by atoms with Crippen LogP contribution in [0.3, 0.4) is 0 Å². The predicted octanol–water partition coefficient (Wildman–Crippen LogP) is 1.59. The number of aliphatic hydroxyl groups is 1. The number of hydrogen-bond donors (Lipinski definition) is 1. The number of benzene rings is 1. The predicted molar refractivity (Wildman–Crippen MR) is 75.9 cm³/mol. The summed E-state index contributed by atoms with van der Waals surface area (Å²) >= 11 is 0. The Morgan fingerprint density at radius 1 is 1.40 bits per heavy atom. The molecule has 4 nitrogen and oxygen atoms in total. The van der Waals surface area contributed by atoms with E-state index >= 15 is 0 Å². The molecule has 2 atom stereocenters. The first-order valence-electron chi connectivity index (χ1n) is 7.28. The van der Waals surface area contributed by atoms with Gasteiger partial charge in [0.1, 0.15) is 5.75 Å². The number of amides is 1. The first-order chi connectivity index (χ1) is 9.60. The molecule has 0 aromatic heterocycles. The standard InChI is InChI=1S/C16H21NO3/c1-10-6-12-8-15(20-14(12)7-11(10)2)16(19)17-5-3-4-13(17)9-18/h6-7,13,15,18H,3-5,8-9H2,1-2H3/t13-,15+/m0/s1. The molecule has 0 saturated carbocycles. The van der Waals surface area contributed by atoms with Crippen LogP contribution in [0.2, 0.25) is 0 Å². The molecule has 0 bridgehead atoms. The van der Waals surface area contributed by atoms with Crippen molar-refractivity contribution in [2.75, 3.05) is 13.2 Å². The average Bonchev–Trinajstić information content (AvgIpc) is 3.04. The maximum Gasteiger partial charge on any atom is 0.264 e. The molecule has 1 N–H and O–H groups in total. The van der Waals surface area contributed by atoms with Gasteiger partial charge in [-0.1, -0.05) is 6.07 Å². The van der Waals surface area contributed by atoms with Crippen molar-refractivity contribution in [3.8, 4) is 5.75 Å². The van der Waals surface area contributed by atoms with E-state index in [9.17, 15) is 9.90 Å². The SMILES string of the molecule is Cc1cc2c(cc1C)O[C@@H](C(=O)N1CCC[C@H]1CO)C2. The third kappa shape index (κ3) is 2.18. The Hall–Kier alpha value is -1.55. The van der Waals surface area contributed by atoms with Gasteiger partial charge in [-0.2, -0.15) is 0 Å². The zero-order valence-corrected chi connectivity index (χ0v) is 12.1. The fourth-order valence-electron chi connectivity index (χ4n) is 3.15. The summed E-state index contributed by atoms with van der Waals surface area (Å²) in [5.74, 6) is 0.860. The minimum Gasteiger partial charge on any atom is -0.480 e. The second kappa shape index (κ2) is 5.09. The molecule has 4 heteroatoms. The van der Waals surface area contributed by atoms with E-state index < -0.39 is 6.10 Å². The third-order valence-corrected chi connectivity index (χ3v) is 4.50. The number of aryl methyl sites for hydroxylation is 2. The van der Waals surface area contributed by atoms with Gasteiger partial charge in [0, 0.05) is 13.0 Å². The van der Waals surface area contributed by atoms with Crippen LogP contribution in [0.1, 0.15) is 29.5 Å². The van der Waals surface area contributed by atoms with Crippen LogP contribution < -0.4 is 4.74 Å². The first kappa shape index (κ1) is 13.4. The summed E-state index contributed by atoms with van der Waals surface area (Å²) in [6, 6.07) is 4.11. The van der Waals surface area contributed by atoms with Crippen LogP contribution in [-0.2, 0) is 11.2 Å². The molecular formula is C16H21NO3. The van der Waals surface area contributed by atoms with Gasteiger partial charge in [0.05, 0.1) is 12.6 Å². The van der Waals surface area contributed by atoms with Crippen LogP contribution in [0.5, 0.6) is 5.75 Å². The van der Waals surface area contributed by atoms with Crippen LogP contribution in [0, 0.1) is 13.8 Å². The number of rotatable bonds is 2. The van der Waals surface area contributed by atoms with Gasteiger partial charge in [0.25, 0.3) is 5.91 Å². The molecule has 0 aliphatic carbocycles. The Morgan fingerprint density at radius 3 is 2.90 bits per heavy atom. The van der Waals surface area contributed by atoms with Crippen LogP contribution in [0.25, 0.3) is 0 Å². The highest BCUT2D eigenvalue weighted by Crippen LogP contribution is 2.33. The van der Waals surface area contributed by atoms with Gasteiger partial charge < -0.3 is 14.7 Å². The molecule has 1 amide bonds. The minimum atomic E-state index is -0.418. The van der Waals surface area contributed by atoms with E-state index in [2.05, 4.69) is 19.9 Å². The van der Waals surface area contributed by atoms with E-state index in [0.717, 1.165) is 30.7 Å². The molecular weight excluding hydrogens is 254 g/mol. The van der Waals surface area contributed by atoms with E-state index in [0.29, 0.717) is 6.42 Å². The zero-order chi connectivity index (χ0) is 14.3. The number of carbonyl (C=O) groups excluding carboxylic acids is 1. The maximum atomic E-state index is 12.5. The van der Waals surface area contributed by atoms with Crippen molar-refractivity contribution < 1.29 is 14.6 Å². The molecule has 2 aliphatic rings. The lowest BCUT2D eigenvalue weighted by molar-refractivity contribution is -0.139. The lowest BCUT2D eigenvalue weighted by atomic mass is 10.0.